The first-order chi connectivity index (χ1) is 20.9. The van der Waals surface area contributed by atoms with Gasteiger partial charge in [0.15, 0.2) is 4.34 Å². The number of unbranched alkanes of at least 4 members (excludes halogenated alkanes) is 1. The van der Waals surface area contributed by atoms with Crippen LogP contribution in [0.2, 0.25) is 5.02 Å². The summed E-state index contributed by atoms with van der Waals surface area (Å²) in [6.45, 7) is 4.99. The molecule has 43 heavy (non-hydrogen) atoms. The molecule has 5 rings (SSSR count). The van der Waals surface area contributed by atoms with Gasteiger partial charge in [-0.25, -0.2) is 0 Å². The molecule has 1 N–H and O–H groups in total. The number of rotatable bonds is 12. The molecule has 1 saturated heterocycles. The molecule has 11 heteroatoms. The second-order valence-electron chi connectivity index (χ2n) is 9.63. The van der Waals surface area contributed by atoms with Crippen molar-refractivity contribution in [1.29, 1.82) is 0 Å². The fourth-order valence-corrected chi connectivity index (χ4v) is 6.75. The van der Waals surface area contributed by atoms with Crippen molar-refractivity contribution in [3.05, 3.63) is 100 Å². The lowest BCUT2D eigenvalue weighted by atomic mass is 9.95. The van der Waals surface area contributed by atoms with Gasteiger partial charge in [-0.3, -0.25) is 14.5 Å². The van der Waals surface area contributed by atoms with Crippen molar-refractivity contribution < 1.29 is 24.2 Å². The molecule has 0 aliphatic carbocycles. The van der Waals surface area contributed by atoms with Crippen LogP contribution in [-0.4, -0.2) is 40.2 Å². The molecule has 1 fully saturated rings. The molecule has 0 spiro atoms. The SMILES string of the molecule is CCCCOc1cccc(C2C(=C(O)c3ccc(OCC)cc3)C(=O)C(=O)N2c2nnc(SCc3ccccc3Cl)s2)c1. The van der Waals surface area contributed by atoms with Gasteiger partial charge in [-0.15, -0.1) is 10.2 Å². The Bertz CT molecular complexity index is 1640. The summed E-state index contributed by atoms with van der Waals surface area (Å²) in [6.07, 6.45) is 1.87. The number of carbonyl (C=O) groups is 2. The van der Waals surface area contributed by atoms with E-state index in [4.69, 9.17) is 21.1 Å². The van der Waals surface area contributed by atoms with E-state index in [0.717, 1.165) is 18.4 Å². The van der Waals surface area contributed by atoms with Gasteiger partial charge in [0.25, 0.3) is 5.78 Å². The highest BCUT2D eigenvalue weighted by molar-refractivity contribution is 8.00. The number of aliphatic hydroxyl groups excluding tert-OH is 1. The molecular formula is C32H30ClN3O5S2. The highest BCUT2D eigenvalue weighted by Gasteiger charge is 2.48. The van der Waals surface area contributed by atoms with Crippen molar-refractivity contribution in [2.75, 3.05) is 18.1 Å². The Morgan fingerprint density at radius 2 is 1.79 bits per heavy atom. The van der Waals surface area contributed by atoms with Crippen LogP contribution in [0, 0.1) is 0 Å². The van der Waals surface area contributed by atoms with Crippen molar-refractivity contribution in [1.82, 2.24) is 10.2 Å². The summed E-state index contributed by atoms with van der Waals surface area (Å²) in [4.78, 5) is 28.5. The Morgan fingerprint density at radius 1 is 1.00 bits per heavy atom. The minimum Gasteiger partial charge on any atom is -0.507 e. The number of hydrogen-bond acceptors (Lipinski definition) is 9. The van der Waals surface area contributed by atoms with Gasteiger partial charge in [0.05, 0.1) is 24.8 Å². The molecule has 3 aromatic carbocycles. The number of thioether (sulfide) groups is 1. The number of hydrogen-bond donors (Lipinski definition) is 1. The van der Waals surface area contributed by atoms with E-state index in [-0.39, 0.29) is 16.5 Å². The molecule has 1 amide bonds. The van der Waals surface area contributed by atoms with Gasteiger partial charge >= 0.3 is 5.91 Å². The van der Waals surface area contributed by atoms with E-state index >= 15 is 0 Å². The van der Waals surface area contributed by atoms with Crippen LogP contribution in [0.1, 0.15) is 49.4 Å². The third kappa shape index (κ3) is 6.87. The molecule has 1 unspecified atom stereocenters. The molecule has 0 radical (unpaired) electrons. The standard InChI is InChI=1S/C32H30ClN3O5S2/c1-3-5-17-41-24-11-8-10-21(18-24)27-26(28(37)20-13-15-23(16-14-20)40-4-2)29(38)30(39)36(27)31-34-35-32(43-31)42-19-22-9-6-7-12-25(22)33/h6-16,18,27,37H,3-5,17,19H2,1-2H3. The lowest BCUT2D eigenvalue weighted by molar-refractivity contribution is -0.132. The van der Waals surface area contributed by atoms with Gasteiger partial charge < -0.3 is 14.6 Å². The van der Waals surface area contributed by atoms with Gasteiger partial charge in [-0.1, -0.05) is 78.4 Å². The molecular weight excluding hydrogens is 606 g/mol. The Kier molecular flexibility index (Phi) is 10.0. The summed E-state index contributed by atoms with van der Waals surface area (Å²) in [5, 5.41) is 20.9. The van der Waals surface area contributed by atoms with Gasteiger partial charge in [-0.2, -0.15) is 0 Å². The first-order valence-electron chi connectivity index (χ1n) is 13.9. The summed E-state index contributed by atoms with van der Waals surface area (Å²) in [6, 6.07) is 20.5. The second-order valence-corrected chi connectivity index (χ2v) is 12.2. The van der Waals surface area contributed by atoms with E-state index in [9.17, 15) is 14.7 Å². The number of aliphatic hydroxyl groups is 1. The minimum atomic E-state index is -0.948. The first kappa shape index (κ1) is 30.6. The molecule has 0 bridgehead atoms. The monoisotopic (exact) mass is 635 g/mol. The second kappa shape index (κ2) is 14.1. The number of Topliss-reactive ketones (excluding diaryl/α,β-unsaturated/α-hetero) is 1. The Morgan fingerprint density at radius 3 is 2.53 bits per heavy atom. The average Bonchev–Trinajstić information content (AvgIpc) is 3.59. The zero-order valence-electron chi connectivity index (χ0n) is 23.7. The Labute approximate surface area is 263 Å². The first-order valence-corrected chi connectivity index (χ1v) is 16.1. The van der Waals surface area contributed by atoms with Crippen LogP contribution in [0.25, 0.3) is 5.76 Å². The summed E-state index contributed by atoms with van der Waals surface area (Å²) in [5.74, 6) is -0.105. The van der Waals surface area contributed by atoms with E-state index in [1.54, 1.807) is 42.5 Å². The fraction of sp³-hybridized carbons (Fsp3) is 0.250. The van der Waals surface area contributed by atoms with Crippen LogP contribution in [0.3, 0.4) is 0 Å². The summed E-state index contributed by atoms with van der Waals surface area (Å²) in [7, 11) is 0. The number of aromatic nitrogens is 2. The summed E-state index contributed by atoms with van der Waals surface area (Å²) < 4.78 is 12.1. The molecule has 8 nitrogen and oxygen atoms in total. The molecule has 1 aliphatic heterocycles. The highest BCUT2D eigenvalue weighted by Crippen LogP contribution is 2.44. The lowest BCUT2D eigenvalue weighted by Gasteiger charge is -2.23. The van der Waals surface area contributed by atoms with Gasteiger partial charge in [0.2, 0.25) is 5.13 Å². The van der Waals surface area contributed by atoms with Crippen molar-refractivity contribution in [3.63, 3.8) is 0 Å². The Hall–Kier alpha value is -3.86. The van der Waals surface area contributed by atoms with Crippen molar-refractivity contribution in [2.24, 2.45) is 0 Å². The van der Waals surface area contributed by atoms with Crippen LogP contribution in [0.5, 0.6) is 11.5 Å². The van der Waals surface area contributed by atoms with Crippen molar-refractivity contribution in [3.8, 4) is 11.5 Å². The van der Waals surface area contributed by atoms with Gasteiger partial charge in [-0.05, 0) is 66.9 Å². The molecule has 0 saturated carbocycles. The average molecular weight is 636 g/mol. The quantitative estimate of drug-likeness (QED) is 0.0422. The van der Waals surface area contributed by atoms with Crippen LogP contribution in [-0.2, 0) is 15.3 Å². The maximum absolute atomic E-state index is 13.6. The number of carbonyl (C=O) groups excluding carboxylic acids is 2. The topological polar surface area (TPSA) is 102 Å². The summed E-state index contributed by atoms with van der Waals surface area (Å²) >= 11 is 8.94. The maximum Gasteiger partial charge on any atom is 0.301 e. The number of ketones is 1. The maximum atomic E-state index is 13.6. The van der Waals surface area contributed by atoms with Gasteiger partial charge in [0, 0.05) is 16.3 Å². The predicted octanol–water partition coefficient (Wildman–Crippen LogP) is 7.69. The smallest absolute Gasteiger partial charge is 0.301 e. The number of nitrogens with zero attached hydrogens (tertiary/aromatic N) is 3. The number of ether oxygens (including phenoxy) is 2. The number of anilines is 1. The van der Waals surface area contributed by atoms with E-state index in [2.05, 4.69) is 17.1 Å². The molecule has 1 aliphatic rings. The fourth-order valence-electron chi connectivity index (χ4n) is 4.60. The number of benzene rings is 3. The van der Waals surface area contributed by atoms with Gasteiger partial charge in [0.1, 0.15) is 17.3 Å². The largest absolute Gasteiger partial charge is 0.507 e. The predicted molar refractivity (Wildman–Crippen MR) is 170 cm³/mol. The third-order valence-corrected chi connectivity index (χ3v) is 9.21. The summed E-state index contributed by atoms with van der Waals surface area (Å²) in [5.41, 5.74) is 1.89. The van der Waals surface area contributed by atoms with Crippen LogP contribution in [0.15, 0.2) is 82.7 Å². The number of amides is 1. The normalized spacial score (nSPS) is 16.1. The van der Waals surface area contributed by atoms with E-state index in [1.165, 1.54) is 28.0 Å². The van der Waals surface area contributed by atoms with E-state index in [0.29, 0.717) is 51.0 Å². The molecule has 4 aromatic rings. The molecule has 2 heterocycles. The van der Waals surface area contributed by atoms with Crippen LogP contribution >= 0.6 is 34.7 Å². The van der Waals surface area contributed by atoms with Crippen molar-refractivity contribution in [2.45, 2.75) is 42.8 Å². The van der Waals surface area contributed by atoms with Crippen molar-refractivity contribution >= 4 is 57.3 Å². The van der Waals surface area contributed by atoms with Crippen LogP contribution in [0.4, 0.5) is 5.13 Å². The zero-order valence-corrected chi connectivity index (χ0v) is 26.0. The third-order valence-electron chi connectivity index (χ3n) is 6.73. The highest BCUT2D eigenvalue weighted by atomic mass is 35.5. The van der Waals surface area contributed by atoms with E-state index in [1.807, 2.05) is 37.3 Å². The Balaban J connectivity index is 1.53. The molecule has 222 valence electrons. The van der Waals surface area contributed by atoms with Crippen LogP contribution < -0.4 is 14.4 Å². The number of halogens is 1. The zero-order chi connectivity index (χ0) is 30.3. The minimum absolute atomic E-state index is 0.0414. The molecule has 1 aromatic heterocycles. The molecule has 1 atom stereocenters. The lowest BCUT2D eigenvalue weighted by Crippen LogP contribution is -2.29. The van der Waals surface area contributed by atoms with E-state index < -0.39 is 17.7 Å².